The molecule has 0 amide bonds. The van der Waals surface area contributed by atoms with Crippen LogP contribution in [0.1, 0.15) is 51.7 Å². The Balaban J connectivity index is 1.65. The van der Waals surface area contributed by atoms with Crippen LogP contribution in [-0.4, -0.2) is 60.8 Å². The van der Waals surface area contributed by atoms with E-state index in [0.29, 0.717) is 18.1 Å². The van der Waals surface area contributed by atoms with Crippen molar-refractivity contribution < 1.29 is 30.5 Å². The molecule has 2 aromatic rings. The number of hydrogen-bond acceptors (Lipinski definition) is 5. The highest BCUT2D eigenvalue weighted by molar-refractivity contribution is 7.86. The maximum atomic E-state index is 11.3. The molecule has 4 rings (SSSR count). The van der Waals surface area contributed by atoms with Crippen molar-refractivity contribution in [1.29, 1.82) is 0 Å². The van der Waals surface area contributed by atoms with E-state index in [-0.39, 0.29) is 35.2 Å². The van der Waals surface area contributed by atoms with Crippen molar-refractivity contribution in [3.8, 4) is 0 Å². The summed E-state index contributed by atoms with van der Waals surface area (Å²) in [6, 6.07) is 16.0. The number of para-hydroxylation sites is 2. The first kappa shape index (κ1) is 32.2. The molecule has 8 nitrogen and oxygen atoms in total. The Morgan fingerprint density at radius 3 is 2.14 bits per heavy atom. The van der Waals surface area contributed by atoms with E-state index in [9.17, 15) is 25.9 Å². The van der Waals surface area contributed by atoms with Crippen molar-refractivity contribution in [2.24, 2.45) is 0 Å². The predicted octanol–water partition coefficient (Wildman–Crippen LogP) is 5.98. The third kappa shape index (κ3) is 7.06. The van der Waals surface area contributed by atoms with Crippen LogP contribution in [0.15, 0.2) is 83.6 Å². The highest BCUT2D eigenvalue weighted by Gasteiger charge is 2.44. The second kappa shape index (κ2) is 12.1. The summed E-state index contributed by atoms with van der Waals surface area (Å²) in [5.41, 5.74) is 5.41. The van der Waals surface area contributed by atoms with Crippen LogP contribution in [0.5, 0.6) is 0 Å². The third-order valence-electron chi connectivity index (χ3n) is 7.97. The summed E-state index contributed by atoms with van der Waals surface area (Å²) in [7, 11) is -8.13. The molecule has 226 valence electrons. The molecule has 0 aliphatic carbocycles. The highest BCUT2D eigenvalue weighted by Crippen LogP contribution is 2.47. The Bertz CT molecular complexity index is 1700. The summed E-state index contributed by atoms with van der Waals surface area (Å²) >= 11 is 6.72. The fourth-order valence-electron chi connectivity index (χ4n) is 5.95. The fourth-order valence-corrected chi connectivity index (χ4v) is 7.06. The zero-order valence-electron chi connectivity index (χ0n) is 24.3. The third-order valence-corrected chi connectivity index (χ3v) is 9.83. The van der Waals surface area contributed by atoms with Gasteiger partial charge in [-0.25, -0.2) is 0 Å². The SMILES string of the molecule is CC1(C)C(=CC=C(Cl)C=CC2=[N+](CCCS(=O)(=O)O)c3ccccc3C2(C)C)N(CCCS(=O)(=O)O)c2ccccc21. The highest BCUT2D eigenvalue weighted by atomic mass is 35.5. The molecular formula is C31H38ClN2O6S2+. The molecule has 0 atom stereocenters. The zero-order valence-corrected chi connectivity index (χ0v) is 26.7. The molecule has 0 radical (unpaired) electrons. The number of nitrogens with zero attached hydrogens (tertiary/aromatic N) is 2. The summed E-state index contributed by atoms with van der Waals surface area (Å²) in [6.07, 6.45) is 8.05. The van der Waals surface area contributed by atoms with E-state index in [0.717, 1.165) is 33.9 Å². The van der Waals surface area contributed by atoms with Gasteiger partial charge in [-0.3, -0.25) is 9.11 Å². The van der Waals surface area contributed by atoms with Gasteiger partial charge in [-0.2, -0.15) is 21.4 Å². The molecule has 11 heteroatoms. The van der Waals surface area contributed by atoms with Gasteiger partial charge in [-0.15, -0.1) is 0 Å². The average Bonchev–Trinajstić information content (AvgIpc) is 3.24. The van der Waals surface area contributed by atoms with Crippen LogP contribution in [0.25, 0.3) is 0 Å². The lowest BCUT2D eigenvalue weighted by Gasteiger charge is -2.27. The van der Waals surface area contributed by atoms with Gasteiger partial charge >= 0.3 is 0 Å². The Morgan fingerprint density at radius 2 is 1.48 bits per heavy atom. The molecule has 0 bridgehead atoms. The van der Waals surface area contributed by atoms with Crippen molar-refractivity contribution in [2.45, 2.75) is 51.4 Å². The maximum absolute atomic E-state index is 11.3. The monoisotopic (exact) mass is 633 g/mol. The van der Waals surface area contributed by atoms with Gasteiger partial charge in [0.1, 0.15) is 6.54 Å². The van der Waals surface area contributed by atoms with Crippen LogP contribution in [0.3, 0.4) is 0 Å². The van der Waals surface area contributed by atoms with Crippen molar-refractivity contribution in [3.05, 3.63) is 94.7 Å². The minimum atomic E-state index is -4.06. The minimum Gasteiger partial charge on any atom is -0.344 e. The van der Waals surface area contributed by atoms with Crippen LogP contribution in [0, 0.1) is 0 Å². The van der Waals surface area contributed by atoms with Crippen LogP contribution in [0.4, 0.5) is 11.4 Å². The summed E-state index contributed by atoms with van der Waals surface area (Å²) < 4.78 is 65.9. The average molecular weight is 634 g/mol. The number of allylic oxidation sites excluding steroid dienone is 6. The van der Waals surface area contributed by atoms with Crippen molar-refractivity contribution >= 4 is 48.9 Å². The van der Waals surface area contributed by atoms with Crippen LogP contribution in [0.2, 0.25) is 0 Å². The molecular weight excluding hydrogens is 596 g/mol. The molecule has 2 N–H and O–H groups in total. The fraction of sp³-hybridized carbons (Fsp3) is 0.387. The second-order valence-corrected chi connectivity index (χ2v) is 15.3. The molecule has 0 fully saturated rings. The van der Waals surface area contributed by atoms with E-state index in [1.807, 2.05) is 60.7 Å². The molecule has 2 aliphatic heterocycles. The molecule has 0 saturated heterocycles. The lowest BCUT2D eigenvalue weighted by molar-refractivity contribution is -0.437. The largest absolute Gasteiger partial charge is 0.344 e. The summed E-state index contributed by atoms with van der Waals surface area (Å²) in [6.45, 7) is 9.26. The van der Waals surface area contributed by atoms with Gasteiger partial charge < -0.3 is 4.90 Å². The quantitative estimate of drug-likeness (QED) is 0.178. The lowest BCUT2D eigenvalue weighted by atomic mass is 9.81. The summed E-state index contributed by atoms with van der Waals surface area (Å²) in [5, 5.41) is 0.476. The van der Waals surface area contributed by atoms with E-state index in [1.165, 1.54) is 0 Å². The number of hydrogen-bond donors (Lipinski definition) is 2. The number of benzene rings is 2. The van der Waals surface area contributed by atoms with Gasteiger partial charge in [0.25, 0.3) is 20.2 Å². The molecule has 0 unspecified atom stereocenters. The van der Waals surface area contributed by atoms with Gasteiger partial charge in [0, 0.05) is 52.5 Å². The van der Waals surface area contributed by atoms with E-state index >= 15 is 0 Å². The smallest absolute Gasteiger partial charge is 0.265 e. The van der Waals surface area contributed by atoms with E-state index in [2.05, 4.69) is 49.3 Å². The summed E-state index contributed by atoms with van der Waals surface area (Å²) in [4.78, 5) is 2.08. The molecule has 2 aliphatic rings. The van der Waals surface area contributed by atoms with Gasteiger partial charge in [0.15, 0.2) is 5.71 Å². The summed E-state index contributed by atoms with van der Waals surface area (Å²) in [5.74, 6) is -0.646. The first-order valence-corrected chi connectivity index (χ1v) is 17.4. The van der Waals surface area contributed by atoms with Gasteiger partial charge in [0.2, 0.25) is 5.69 Å². The first-order valence-electron chi connectivity index (χ1n) is 13.8. The van der Waals surface area contributed by atoms with E-state index in [4.69, 9.17) is 11.6 Å². The minimum absolute atomic E-state index is 0.263. The van der Waals surface area contributed by atoms with Gasteiger partial charge in [0.05, 0.1) is 16.9 Å². The predicted molar refractivity (Wildman–Crippen MR) is 169 cm³/mol. The van der Waals surface area contributed by atoms with Crippen molar-refractivity contribution in [3.63, 3.8) is 0 Å². The van der Waals surface area contributed by atoms with E-state index in [1.54, 1.807) is 0 Å². The zero-order chi connectivity index (χ0) is 30.9. The topological polar surface area (TPSA) is 115 Å². The maximum Gasteiger partial charge on any atom is 0.265 e. The van der Waals surface area contributed by atoms with Crippen LogP contribution < -0.4 is 4.90 Å². The number of rotatable bonds is 11. The molecule has 0 spiro atoms. The van der Waals surface area contributed by atoms with Crippen molar-refractivity contribution in [2.75, 3.05) is 29.5 Å². The molecule has 0 saturated carbocycles. The van der Waals surface area contributed by atoms with Crippen LogP contribution >= 0.6 is 11.6 Å². The molecule has 42 heavy (non-hydrogen) atoms. The number of fused-ring (bicyclic) bond motifs is 2. The Morgan fingerprint density at radius 1 is 0.881 bits per heavy atom. The number of halogens is 1. The van der Waals surface area contributed by atoms with Gasteiger partial charge in [-0.1, -0.05) is 61.8 Å². The van der Waals surface area contributed by atoms with Crippen molar-refractivity contribution in [1.82, 2.24) is 0 Å². The Hall–Kier alpha value is -2.76. The number of anilines is 1. The standard InChI is InChI=1S/C31H37ClN2O6S2/c1-30(2)24-11-5-7-13-26(24)33(19-9-21-41(35,36)37)28(30)17-15-23(32)16-18-29-31(3,4)25-12-6-8-14-27(25)34(29)20-10-22-42(38,39)40/h5-8,11-18H,9-10,19-22H2,1-4H3,(H-,35,36,37,38,39,40)/p+1. The molecule has 0 aromatic heterocycles. The Labute approximate surface area is 254 Å². The molecule has 2 heterocycles. The van der Waals surface area contributed by atoms with Crippen LogP contribution in [-0.2, 0) is 31.1 Å². The second-order valence-electron chi connectivity index (χ2n) is 11.7. The Kier molecular flexibility index (Phi) is 9.25. The van der Waals surface area contributed by atoms with Gasteiger partial charge in [-0.05, 0) is 50.1 Å². The molecule has 2 aromatic carbocycles. The normalized spacial score (nSPS) is 19.2. The lowest BCUT2D eigenvalue weighted by Crippen LogP contribution is -2.28. The van der Waals surface area contributed by atoms with E-state index < -0.39 is 20.2 Å². The first-order chi connectivity index (χ1) is 19.5.